The van der Waals surface area contributed by atoms with Gasteiger partial charge in [-0.25, -0.2) is 0 Å². The fraction of sp³-hybridized carbons (Fsp3) is 1.00. The predicted molar refractivity (Wildman–Crippen MR) is 75.9 cm³/mol. The maximum absolute atomic E-state index is 5.80. The largest absolute Gasteiger partial charge is 0.375 e. The van der Waals surface area contributed by atoms with Crippen LogP contribution in [0.15, 0.2) is 0 Å². The molecule has 0 saturated carbocycles. The third-order valence-corrected chi connectivity index (χ3v) is 4.20. The second-order valence-corrected chi connectivity index (χ2v) is 6.35. The van der Waals surface area contributed by atoms with Crippen molar-refractivity contribution in [1.82, 2.24) is 10.2 Å². The topological polar surface area (TPSA) is 24.5 Å². The van der Waals surface area contributed by atoms with Gasteiger partial charge in [-0.15, -0.1) is 0 Å². The van der Waals surface area contributed by atoms with Crippen LogP contribution in [0.25, 0.3) is 0 Å². The molecule has 18 heavy (non-hydrogen) atoms. The number of hydrogen-bond acceptors (Lipinski definition) is 3. The molecule has 0 spiro atoms. The van der Waals surface area contributed by atoms with Gasteiger partial charge in [-0.1, -0.05) is 6.42 Å². The number of nitrogens with one attached hydrogen (secondary N) is 1. The minimum Gasteiger partial charge on any atom is -0.375 e. The molecular weight excluding hydrogens is 224 g/mol. The smallest absolute Gasteiger partial charge is 0.0565 e. The molecule has 3 atom stereocenters. The van der Waals surface area contributed by atoms with Crippen molar-refractivity contribution in [2.75, 3.05) is 19.6 Å². The summed E-state index contributed by atoms with van der Waals surface area (Å²) in [5.41, 5.74) is 0. The van der Waals surface area contributed by atoms with Crippen molar-refractivity contribution in [1.29, 1.82) is 0 Å². The molecule has 3 unspecified atom stereocenters. The lowest BCUT2D eigenvalue weighted by atomic mass is 9.99. The van der Waals surface area contributed by atoms with E-state index in [1.165, 1.54) is 38.9 Å². The Morgan fingerprint density at radius 3 is 2.33 bits per heavy atom. The van der Waals surface area contributed by atoms with Gasteiger partial charge in [0.15, 0.2) is 0 Å². The Morgan fingerprint density at radius 1 is 1.11 bits per heavy atom. The van der Waals surface area contributed by atoms with E-state index in [0.29, 0.717) is 24.3 Å². The Bertz CT molecular complexity index is 231. The van der Waals surface area contributed by atoms with E-state index >= 15 is 0 Å². The number of likely N-dealkylation sites (tertiary alicyclic amines) is 1. The maximum Gasteiger partial charge on any atom is 0.0565 e. The van der Waals surface area contributed by atoms with Crippen molar-refractivity contribution in [2.45, 2.75) is 77.2 Å². The number of nitrogens with zero attached hydrogens (tertiary/aromatic N) is 1. The van der Waals surface area contributed by atoms with E-state index in [-0.39, 0.29) is 0 Å². The third kappa shape index (κ3) is 4.52. The molecule has 0 amide bonds. The second kappa shape index (κ2) is 6.88. The highest BCUT2D eigenvalue weighted by atomic mass is 16.5. The lowest BCUT2D eigenvalue weighted by molar-refractivity contribution is -0.0437. The number of rotatable bonds is 4. The van der Waals surface area contributed by atoms with Crippen molar-refractivity contribution >= 4 is 0 Å². The molecule has 0 bridgehead atoms. The first-order valence-corrected chi connectivity index (χ1v) is 7.77. The van der Waals surface area contributed by atoms with E-state index in [9.17, 15) is 0 Å². The van der Waals surface area contributed by atoms with Crippen molar-refractivity contribution in [2.24, 2.45) is 0 Å². The summed E-state index contributed by atoms with van der Waals surface area (Å²) in [5, 5.41) is 3.81. The Kier molecular flexibility index (Phi) is 5.46. The summed E-state index contributed by atoms with van der Waals surface area (Å²) in [6, 6.07) is 1.24. The monoisotopic (exact) mass is 254 g/mol. The zero-order chi connectivity index (χ0) is 13.0. The second-order valence-electron chi connectivity index (χ2n) is 6.35. The summed E-state index contributed by atoms with van der Waals surface area (Å²) in [5.74, 6) is 0. The van der Waals surface area contributed by atoms with Gasteiger partial charge < -0.3 is 15.0 Å². The first kappa shape index (κ1) is 14.3. The van der Waals surface area contributed by atoms with Gasteiger partial charge in [0.05, 0.1) is 12.2 Å². The molecule has 106 valence electrons. The number of ether oxygens (including phenoxy) is 1. The van der Waals surface area contributed by atoms with Crippen LogP contribution in [0.1, 0.15) is 52.9 Å². The van der Waals surface area contributed by atoms with Crippen LogP contribution in [0, 0.1) is 0 Å². The SMILES string of the molecule is CC(CN1CCCCC1)NC1CC(C)OC(C)C1. The summed E-state index contributed by atoms with van der Waals surface area (Å²) >= 11 is 0. The van der Waals surface area contributed by atoms with Crippen molar-refractivity contribution < 1.29 is 4.74 Å². The number of hydrogen-bond donors (Lipinski definition) is 1. The summed E-state index contributed by atoms with van der Waals surface area (Å²) in [4.78, 5) is 2.62. The van der Waals surface area contributed by atoms with Crippen LogP contribution >= 0.6 is 0 Å². The van der Waals surface area contributed by atoms with Crippen LogP contribution in [-0.2, 0) is 4.74 Å². The van der Waals surface area contributed by atoms with E-state index in [1.807, 2.05) is 0 Å². The van der Waals surface area contributed by atoms with Crippen LogP contribution in [0.5, 0.6) is 0 Å². The molecule has 2 aliphatic heterocycles. The van der Waals surface area contributed by atoms with E-state index in [4.69, 9.17) is 4.74 Å². The first-order valence-electron chi connectivity index (χ1n) is 7.77. The molecule has 0 aliphatic carbocycles. The van der Waals surface area contributed by atoms with Crippen LogP contribution in [-0.4, -0.2) is 48.8 Å². The van der Waals surface area contributed by atoms with Crippen LogP contribution in [0.3, 0.4) is 0 Å². The molecule has 3 heteroatoms. The van der Waals surface area contributed by atoms with E-state index in [1.54, 1.807) is 0 Å². The van der Waals surface area contributed by atoms with Gasteiger partial charge in [-0.3, -0.25) is 0 Å². The van der Waals surface area contributed by atoms with Crippen molar-refractivity contribution in [3.05, 3.63) is 0 Å². The molecule has 2 fully saturated rings. The molecule has 0 aromatic carbocycles. The van der Waals surface area contributed by atoms with Crippen LogP contribution in [0.4, 0.5) is 0 Å². The summed E-state index contributed by atoms with van der Waals surface area (Å²) < 4.78 is 5.80. The average molecular weight is 254 g/mol. The molecule has 2 rings (SSSR count). The van der Waals surface area contributed by atoms with E-state index in [2.05, 4.69) is 31.0 Å². The van der Waals surface area contributed by atoms with Crippen molar-refractivity contribution in [3.8, 4) is 0 Å². The van der Waals surface area contributed by atoms with E-state index < -0.39 is 0 Å². The molecule has 2 aliphatic rings. The molecule has 0 aromatic heterocycles. The van der Waals surface area contributed by atoms with Gasteiger partial charge in [0.1, 0.15) is 0 Å². The zero-order valence-corrected chi connectivity index (χ0v) is 12.3. The quantitative estimate of drug-likeness (QED) is 0.834. The van der Waals surface area contributed by atoms with Crippen molar-refractivity contribution in [3.63, 3.8) is 0 Å². The van der Waals surface area contributed by atoms with Crippen LogP contribution < -0.4 is 5.32 Å². The van der Waals surface area contributed by atoms with E-state index in [0.717, 1.165) is 12.8 Å². The molecule has 0 radical (unpaired) electrons. The highest BCUT2D eigenvalue weighted by Gasteiger charge is 2.25. The highest BCUT2D eigenvalue weighted by Crippen LogP contribution is 2.19. The lowest BCUT2D eigenvalue weighted by Crippen LogP contribution is -2.49. The fourth-order valence-corrected chi connectivity index (χ4v) is 3.53. The normalized spacial score (nSPS) is 36.5. The Balaban J connectivity index is 1.70. The van der Waals surface area contributed by atoms with Gasteiger partial charge in [0.2, 0.25) is 0 Å². The average Bonchev–Trinajstić information content (AvgIpc) is 2.28. The Morgan fingerprint density at radius 2 is 1.72 bits per heavy atom. The lowest BCUT2D eigenvalue weighted by Gasteiger charge is -2.36. The molecule has 2 saturated heterocycles. The predicted octanol–water partition coefficient (Wildman–Crippen LogP) is 2.41. The molecular formula is C15H30N2O. The Labute approximate surface area is 112 Å². The standard InChI is InChI=1S/C15H30N2O/c1-12(11-17-7-5-4-6-8-17)16-15-9-13(2)18-14(3)10-15/h12-16H,4-11H2,1-3H3. The third-order valence-electron chi connectivity index (χ3n) is 4.20. The zero-order valence-electron chi connectivity index (χ0n) is 12.3. The molecule has 3 nitrogen and oxygen atoms in total. The minimum atomic E-state index is 0.411. The molecule has 2 heterocycles. The van der Waals surface area contributed by atoms with Gasteiger partial charge in [0.25, 0.3) is 0 Å². The summed E-state index contributed by atoms with van der Waals surface area (Å²) in [7, 11) is 0. The molecule has 0 aromatic rings. The minimum absolute atomic E-state index is 0.411. The van der Waals surface area contributed by atoms with Gasteiger partial charge >= 0.3 is 0 Å². The highest BCUT2D eigenvalue weighted by molar-refractivity contribution is 4.82. The fourth-order valence-electron chi connectivity index (χ4n) is 3.53. The number of piperidine rings is 1. The Hall–Kier alpha value is -0.120. The summed E-state index contributed by atoms with van der Waals surface area (Å²) in [6.45, 7) is 10.5. The van der Waals surface area contributed by atoms with Crippen LogP contribution in [0.2, 0.25) is 0 Å². The maximum atomic E-state index is 5.80. The summed E-state index contributed by atoms with van der Waals surface area (Å²) in [6.07, 6.45) is 7.34. The molecule has 1 N–H and O–H groups in total. The van der Waals surface area contributed by atoms with Gasteiger partial charge in [-0.05, 0) is 59.5 Å². The van der Waals surface area contributed by atoms with Gasteiger partial charge in [0, 0.05) is 18.6 Å². The first-order chi connectivity index (χ1) is 8.63. The van der Waals surface area contributed by atoms with Gasteiger partial charge in [-0.2, -0.15) is 0 Å².